The third-order valence-corrected chi connectivity index (χ3v) is 4.79. The van der Waals surface area contributed by atoms with E-state index >= 15 is 0 Å². The molecule has 0 saturated carbocycles. The molecule has 0 spiro atoms. The molecule has 1 unspecified atom stereocenters. The predicted molar refractivity (Wildman–Crippen MR) is 93.1 cm³/mol. The van der Waals surface area contributed by atoms with Gasteiger partial charge in [-0.05, 0) is 30.9 Å². The number of imidazole rings is 1. The van der Waals surface area contributed by atoms with E-state index in [1.807, 2.05) is 11.0 Å². The van der Waals surface area contributed by atoms with Crippen LogP contribution in [0.2, 0.25) is 0 Å². The van der Waals surface area contributed by atoms with Gasteiger partial charge in [0.25, 0.3) is 0 Å². The van der Waals surface area contributed by atoms with E-state index in [0.29, 0.717) is 24.9 Å². The van der Waals surface area contributed by atoms with E-state index in [4.69, 9.17) is 4.98 Å². The molecule has 2 heterocycles. The molecular weight excluding hydrogens is 286 g/mol. The molecule has 124 valence electrons. The average molecular weight is 313 g/mol. The Morgan fingerprint density at radius 2 is 2.04 bits per heavy atom. The van der Waals surface area contributed by atoms with Crippen LogP contribution in [0.4, 0.5) is 0 Å². The number of likely N-dealkylation sites (tertiary alicyclic amines) is 1. The molecule has 1 aliphatic rings. The maximum absolute atomic E-state index is 12.3. The van der Waals surface area contributed by atoms with Crippen LogP contribution in [0.3, 0.4) is 0 Å². The lowest BCUT2D eigenvalue weighted by atomic mass is 10.0. The first-order valence-electron chi connectivity index (χ1n) is 8.94. The average Bonchev–Trinajstić information content (AvgIpc) is 3.07. The van der Waals surface area contributed by atoms with Crippen LogP contribution < -0.4 is 0 Å². The second-order valence-electron chi connectivity index (χ2n) is 6.66. The monoisotopic (exact) mass is 313 g/mol. The van der Waals surface area contributed by atoms with E-state index in [2.05, 4.69) is 36.6 Å². The fourth-order valence-corrected chi connectivity index (χ4v) is 3.57. The lowest BCUT2D eigenvalue weighted by Gasteiger charge is -2.19. The van der Waals surface area contributed by atoms with Crippen LogP contribution in [0.1, 0.15) is 51.8 Å². The van der Waals surface area contributed by atoms with Crippen LogP contribution in [-0.4, -0.2) is 26.9 Å². The number of aryl methyl sites for hydroxylation is 1. The van der Waals surface area contributed by atoms with Crippen molar-refractivity contribution in [2.75, 3.05) is 6.54 Å². The third-order valence-electron chi connectivity index (χ3n) is 4.79. The highest BCUT2D eigenvalue weighted by Crippen LogP contribution is 2.25. The van der Waals surface area contributed by atoms with Gasteiger partial charge in [-0.2, -0.15) is 0 Å². The molecule has 1 aromatic heterocycles. The summed E-state index contributed by atoms with van der Waals surface area (Å²) in [4.78, 5) is 19.2. The summed E-state index contributed by atoms with van der Waals surface area (Å²) < 4.78 is 2.25. The van der Waals surface area contributed by atoms with Crippen molar-refractivity contribution in [1.29, 1.82) is 0 Å². The van der Waals surface area contributed by atoms with Gasteiger partial charge in [0.2, 0.25) is 5.91 Å². The van der Waals surface area contributed by atoms with Gasteiger partial charge in [-0.3, -0.25) is 4.79 Å². The number of amides is 1. The number of nitrogens with zero attached hydrogens (tertiary/aromatic N) is 3. The lowest BCUT2D eigenvalue weighted by Crippen LogP contribution is -2.28. The summed E-state index contributed by atoms with van der Waals surface area (Å²) in [6.07, 6.45) is 6.29. The summed E-state index contributed by atoms with van der Waals surface area (Å²) in [5.74, 6) is 1.93. The molecule has 1 atom stereocenters. The largest absolute Gasteiger partial charge is 0.324 e. The van der Waals surface area contributed by atoms with Gasteiger partial charge in [0.1, 0.15) is 5.82 Å². The van der Waals surface area contributed by atoms with Crippen LogP contribution in [0, 0.1) is 5.92 Å². The van der Waals surface area contributed by atoms with Crippen molar-refractivity contribution in [2.45, 2.75) is 59.0 Å². The highest BCUT2D eigenvalue weighted by molar-refractivity contribution is 5.79. The molecule has 0 bridgehead atoms. The van der Waals surface area contributed by atoms with Crippen molar-refractivity contribution in [1.82, 2.24) is 14.5 Å². The number of hydrogen-bond donors (Lipinski definition) is 0. The van der Waals surface area contributed by atoms with Crippen molar-refractivity contribution in [2.24, 2.45) is 5.92 Å². The van der Waals surface area contributed by atoms with Crippen LogP contribution >= 0.6 is 0 Å². The highest BCUT2D eigenvalue weighted by atomic mass is 16.2. The second kappa shape index (κ2) is 7.16. The number of rotatable bonds is 7. The Balaban J connectivity index is 1.85. The minimum absolute atomic E-state index is 0.294. The highest BCUT2D eigenvalue weighted by Gasteiger charge is 2.29. The van der Waals surface area contributed by atoms with Gasteiger partial charge in [-0.15, -0.1) is 0 Å². The topological polar surface area (TPSA) is 38.1 Å². The maximum Gasteiger partial charge on any atom is 0.224 e. The number of para-hydroxylation sites is 2. The van der Waals surface area contributed by atoms with Gasteiger partial charge < -0.3 is 9.47 Å². The van der Waals surface area contributed by atoms with Crippen LogP contribution in [0.5, 0.6) is 0 Å². The van der Waals surface area contributed by atoms with E-state index in [1.54, 1.807) is 0 Å². The number of unbranched alkanes of at least 4 members (excludes halogenated alkanes) is 1. The first-order chi connectivity index (χ1) is 11.2. The molecule has 1 fully saturated rings. The Labute approximate surface area is 138 Å². The van der Waals surface area contributed by atoms with Gasteiger partial charge >= 0.3 is 0 Å². The molecule has 0 aliphatic carbocycles. The Bertz CT molecular complexity index is 676. The van der Waals surface area contributed by atoms with E-state index in [1.165, 1.54) is 0 Å². The van der Waals surface area contributed by atoms with Crippen molar-refractivity contribution < 1.29 is 4.79 Å². The summed E-state index contributed by atoms with van der Waals surface area (Å²) in [6.45, 7) is 5.94. The third kappa shape index (κ3) is 3.41. The molecule has 23 heavy (non-hydrogen) atoms. The molecule has 1 aromatic carbocycles. The minimum Gasteiger partial charge on any atom is -0.324 e. The van der Waals surface area contributed by atoms with Gasteiger partial charge in [-0.1, -0.05) is 38.8 Å². The summed E-state index contributed by atoms with van der Waals surface area (Å²) in [6, 6.07) is 8.26. The van der Waals surface area contributed by atoms with Crippen molar-refractivity contribution >= 4 is 16.9 Å². The molecule has 1 saturated heterocycles. The standard InChI is InChI=1S/C19H27N3O/c1-3-5-11-18-20-16-9-6-7-10-17(16)22(18)14-21-13-15(8-4-2)12-19(21)23/h6-7,9-10,15H,3-5,8,11-14H2,1-2H3. The molecule has 2 aromatic rings. The number of hydrogen-bond acceptors (Lipinski definition) is 2. The Kier molecular flexibility index (Phi) is 4.99. The molecule has 1 aliphatic heterocycles. The summed E-state index contributed by atoms with van der Waals surface area (Å²) >= 11 is 0. The fourth-order valence-electron chi connectivity index (χ4n) is 3.57. The van der Waals surface area contributed by atoms with Gasteiger partial charge in [-0.25, -0.2) is 4.98 Å². The Morgan fingerprint density at radius 1 is 1.22 bits per heavy atom. The molecular formula is C19H27N3O. The van der Waals surface area contributed by atoms with Gasteiger partial charge in [0.05, 0.1) is 17.7 Å². The van der Waals surface area contributed by atoms with Crippen LogP contribution in [0.15, 0.2) is 24.3 Å². The van der Waals surface area contributed by atoms with Gasteiger partial charge in [0.15, 0.2) is 0 Å². The van der Waals surface area contributed by atoms with Crippen molar-refractivity contribution in [3.8, 4) is 0 Å². The number of carbonyl (C=O) groups is 1. The maximum atomic E-state index is 12.3. The number of aromatic nitrogens is 2. The molecule has 0 N–H and O–H groups in total. The predicted octanol–water partition coefficient (Wildman–Crippen LogP) is 3.99. The quantitative estimate of drug-likeness (QED) is 0.775. The van der Waals surface area contributed by atoms with E-state index in [-0.39, 0.29) is 0 Å². The first-order valence-corrected chi connectivity index (χ1v) is 8.94. The zero-order valence-electron chi connectivity index (χ0n) is 14.3. The van der Waals surface area contributed by atoms with Crippen LogP contribution in [-0.2, 0) is 17.9 Å². The molecule has 4 nitrogen and oxygen atoms in total. The SMILES string of the molecule is CCCCc1nc2ccccc2n1CN1CC(CCC)CC1=O. The molecule has 0 radical (unpaired) electrons. The van der Waals surface area contributed by atoms with E-state index in [0.717, 1.165) is 55.5 Å². The van der Waals surface area contributed by atoms with Gasteiger partial charge in [0, 0.05) is 19.4 Å². The first kappa shape index (κ1) is 16.0. The molecule has 3 rings (SSSR count). The molecule has 1 amide bonds. The van der Waals surface area contributed by atoms with Crippen LogP contribution in [0.25, 0.3) is 11.0 Å². The normalized spacial score (nSPS) is 18.3. The number of carbonyl (C=O) groups excluding carboxylic acids is 1. The summed E-state index contributed by atoms with van der Waals surface area (Å²) in [7, 11) is 0. The Hall–Kier alpha value is -1.84. The zero-order chi connectivity index (χ0) is 16.2. The van der Waals surface area contributed by atoms with E-state index in [9.17, 15) is 4.79 Å². The van der Waals surface area contributed by atoms with E-state index < -0.39 is 0 Å². The Morgan fingerprint density at radius 3 is 2.83 bits per heavy atom. The zero-order valence-corrected chi connectivity index (χ0v) is 14.3. The smallest absolute Gasteiger partial charge is 0.224 e. The van der Waals surface area contributed by atoms with Crippen molar-refractivity contribution in [3.63, 3.8) is 0 Å². The lowest BCUT2D eigenvalue weighted by molar-refractivity contribution is -0.129. The minimum atomic E-state index is 0.294. The van der Waals surface area contributed by atoms with Crippen molar-refractivity contribution in [3.05, 3.63) is 30.1 Å². The second-order valence-corrected chi connectivity index (χ2v) is 6.66. The molecule has 4 heteroatoms. The number of fused-ring (bicyclic) bond motifs is 1. The summed E-state index contributed by atoms with van der Waals surface area (Å²) in [5.41, 5.74) is 2.18. The fraction of sp³-hybridized carbons (Fsp3) is 0.579. The number of benzene rings is 1. The summed E-state index contributed by atoms with van der Waals surface area (Å²) in [5, 5.41) is 0.